The van der Waals surface area contributed by atoms with Crippen molar-refractivity contribution in [3.63, 3.8) is 0 Å². The van der Waals surface area contributed by atoms with Gasteiger partial charge in [-0.15, -0.1) is 0 Å². The molecule has 0 fully saturated rings. The summed E-state index contributed by atoms with van der Waals surface area (Å²) in [5, 5.41) is 4.42. The Morgan fingerprint density at radius 2 is 2.18 bits per heavy atom. The van der Waals surface area contributed by atoms with Crippen LogP contribution in [-0.4, -0.2) is 20.6 Å². The van der Waals surface area contributed by atoms with Crippen molar-refractivity contribution < 1.29 is 4.39 Å². The summed E-state index contributed by atoms with van der Waals surface area (Å²) in [5.41, 5.74) is 1.77. The summed E-state index contributed by atoms with van der Waals surface area (Å²) in [6, 6.07) is 6.98. The summed E-state index contributed by atoms with van der Waals surface area (Å²) >= 11 is 0. The molecule has 114 valence electrons. The second-order valence-electron chi connectivity index (χ2n) is 5.49. The molecule has 1 N–H and O–H groups in total. The normalized spacial score (nSPS) is 12.5. The molecule has 4 nitrogen and oxygen atoms in total. The standard InChI is InChI=1S/C17H19FN4/c1-3-14(10-22-7-6-19-11-22)20-17-8-12(2)15-5-4-13(18)9-16(15)21-17/h4-9,11,14H,3,10H2,1-2H3,(H,20,21). The molecule has 3 aromatic rings. The van der Waals surface area contributed by atoms with Gasteiger partial charge in [-0.3, -0.25) is 0 Å². The Balaban J connectivity index is 1.85. The monoisotopic (exact) mass is 298 g/mol. The summed E-state index contributed by atoms with van der Waals surface area (Å²) in [7, 11) is 0. The molecule has 0 saturated carbocycles. The lowest BCUT2D eigenvalue weighted by molar-refractivity contribution is 0.567. The fourth-order valence-electron chi connectivity index (χ4n) is 2.58. The average molecular weight is 298 g/mol. The van der Waals surface area contributed by atoms with E-state index in [0.717, 1.165) is 29.7 Å². The molecule has 0 aliphatic heterocycles. The van der Waals surface area contributed by atoms with Crippen molar-refractivity contribution in [2.45, 2.75) is 32.9 Å². The van der Waals surface area contributed by atoms with Crippen molar-refractivity contribution in [3.8, 4) is 0 Å². The number of nitrogens with zero attached hydrogens (tertiary/aromatic N) is 3. The molecule has 1 aromatic carbocycles. The number of benzene rings is 1. The Labute approximate surface area is 129 Å². The van der Waals surface area contributed by atoms with Gasteiger partial charge in [0.05, 0.1) is 11.8 Å². The summed E-state index contributed by atoms with van der Waals surface area (Å²) < 4.78 is 15.4. The maximum atomic E-state index is 13.4. The Kier molecular flexibility index (Phi) is 4.04. The minimum absolute atomic E-state index is 0.243. The van der Waals surface area contributed by atoms with E-state index < -0.39 is 0 Å². The number of hydrogen-bond acceptors (Lipinski definition) is 3. The van der Waals surface area contributed by atoms with Gasteiger partial charge < -0.3 is 9.88 Å². The highest BCUT2D eigenvalue weighted by molar-refractivity contribution is 5.83. The van der Waals surface area contributed by atoms with Crippen LogP contribution in [0, 0.1) is 12.7 Å². The zero-order valence-corrected chi connectivity index (χ0v) is 12.8. The average Bonchev–Trinajstić information content (AvgIpc) is 2.99. The molecule has 1 atom stereocenters. The smallest absolute Gasteiger partial charge is 0.127 e. The number of pyridine rings is 1. The summed E-state index contributed by atoms with van der Waals surface area (Å²) in [6.07, 6.45) is 6.48. The first-order valence-corrected chi connectivity index (χ1v) is 7.45. The quantitative estimate of drug-likeness (QED) is 0.779. The lowest BCUT2D eigenvalue weighted by atomic mass is 10.1. The molecule has 0 aliphatic carbocycles. The number of anilines is 1. The van der Waals surface area contributed by atoms with Gasteiger partial charge in [-0.25, -0.2) is 14.4 Å². The van der Waals surface area contributed by atoms with Crippen LogP contribution in [0.1, 0.15) is 18.9 Å². The van der Waals surface area contributed by atoms with Crippen LogP contribution in [0.25, 0.3) is 10.9 Å². The number of halogens is 1. The first kappa shape index (κ1) is 14.5. The van der Waals surface area contributed by atoms with Gasteiger partial charge in [0.25, 0.3) is 0 Å². The van der Waals surface area contributed by atoms with Crippen LogP contribution in [0.3, 0.4) is 0 Å². The maximum absolute atomic E-state index is 13.4. The Bertz CT molecular complexity index is 768. The summed E-state index contributed by atoms with van der Waals surface area (Å²) in [6.45, 7) is 4.96. The Morgan fingerprint density at radius 3 is 2.91 bits per heavy atom. The van der Waals surface area contributed by atoms with Crippen LogP contribution in [0.15, 0.2) is 43.0 Å². The van der Waals surface area contributed by atoms with Crippen LogP contribution in [0.5, 0.6) is 0 Å². The van der Waals surface area contributed by atoms with Gasteiger partial charge >= 0.3 is 0 Å². The van der Waals surface area contributed by atoms with Crippen molar-refractivity contribution >= 4 is 16.7 Å². The van der Waals surface area contributed by atoms with Gasteiger partial charge in [0, 0.05) is 36.4 Å². The molecule has 0 spiro atoms. The third-order valence-electron chi connectivity index (χ3n) is 3.81. The zero-order chi connectivity index (χ0) is 15.5. The largest absolute Gasteiger partial charge is 0.366 e. The highest BCUT2D eigenvalue weighted by atomic mass is 19.1. The highest BCUT2D eigenvalue weighted by Gasteiger charge is 2.10. The van der Waals surface area contributed by atoms with E-state index >= 15 is 0 Å². The fourth-order valence-corrected chi connectivity index (χ4v) is 2.58. The topological polar surface area (TPSA) is 42.7 Å². The van der Waals surface area contributed by atoms with Crippen molar-refractivity contribution in [1.29, 1.82) is 0 Å². The third-order valence-corrected chi connectivity index (χ3v) is 3.81. The van der Waals surface area contributed by atoms with Gasteiger partial charge in [-0.2, -0.15) is 0 Å². The first-order valence-electron chi connectivity index (χ1n) is 7.45. The second kappa shape index (κ2) is 6.13. The Hall–Kier alpha value is -2.43. The molecule has 22 heavy (non-hydrogen) atoms. The molecule has 0 radical (unpaired) electrons. The van der Waals surface area contributed by atoms with Crippen molar-refractivity contribution in [1.82, 2.24) is 14.5 Å². The number of hydrogen-bond donors (Lipinski definition) is 1. The summed E-state index contributed by atoms with van der Waals surface area (Å²) in [5.74, 6) is 0.518. The van der Waals surface area contributed by atoms with Crippen LogP contribution < -0.4 is 5.32 Å². The van der Waals surface area contributed by atoms with Crippen molar-refractivity contribution in [2.75, 3.05) is 5.32 Å². The zero-order valence-electron chi connectivity index (χ0n) is 12.8. The highest BCUT2D eigenvalue weighted by Crippen LogP contribution is 2.21. The molecular weight excluding hydrogens is 279 g/mol. The number of fused-ring (bicyclic) bond motifs is 1. The first-order chi connectivity index (χ1) is 10.7. The fraction of sp³-hybridized carbons (Fsp3) is 0.294. The van der Waals surface area contributed by atoms with Gasteiger partial charge in [0.2, 0.25) is 0 Å². The number of aromatic nitrogens is 3. The SMILES string of the molecule is CCC(Cn1ccnc1)Nc1cc(C)c2ccc(F)cc2n1. The van der Waals surface area contributed by atoms with E-state index in [0.29, 0.717) is 5.52 Å². The van der Waals surface area contributed by atoms with E-state index in [1.165, 1.54) is 12.1 Å². The molecule has 0 saturated heterocycles. The molecule has 2 heterocycles. The van der Waals surface area contributed by atoms with Gasteiger partial charge in [-0.1, -0.05) is 6.92 Å². The van der Waals surface area contributed by atoms with E-state index in [1.807, 2.05) is 23.8 Å². The maximum Gasteiger partial charge on any atom is 0.127 e. The lowest BCUT2D eigenvalue weighted by Crippen LogP contribution is -2.24. The summed E-state index contributed by atoms with van der Waals surface area (Å²) in [4.78, 5) is 8.60. The van der Waals surface area contributed by atoms with Crippen LogP contribution >= 0.6 is 0 Å². The predicted octanol–water partition coefficient (Wildman–Crippen LogP) is 3.77. The predicted molar refractivity (Wildman–Crippen MR) is 86.4 cm³/mol. The van der Waals surface area contributed by atoms with E-state index in [4.69, 9.17) is 0 Å². The number of aryl methyl sites for hydroxylation is 1. The minimum Gasteiger partial charge on any atom is -0.366 e. The van der Waals surface area contributed by atoms with Crippen LogP contribution in [0.4, 0.5) is 10.2 Å². The van der Waals surface area contributed by atoms with Gasteiger partial charge in [-0.05, 0) is 37.1 Å². The number of imidazole rings is 1. The molecular formula is C17H19FN4. The molecule has 5 heteroatoms. The van der Waals surface area contributed by atoms with E-state index in [-0.39, 0.29) is 11.9 Å². The van der Waals surface area contributed by atoms with Crippen LogP contribution in [-0.2, 0) is 6.54 Å². The number of rotatable bonds is 5. The number of nitrogens with one attached hydrogen (secondary N) is 1. The second-order valence-corrected chi connectivity index (χ2v) is 5.49. The molecule has 2 aromatic heterocycles. The Morgan fingerprint density at radius 1 is 1.32 bits per heavy atom. The lowest BCUT2D eigenvalue weighted by Gasteiger charge is -2.19. The van der Waals surface area contributed by atoms with Crippen molar-refractivity contribution in [3.05, 3.63) is 54.4 Å². The molecule has 1 unspecified atom stereocenters. The minimum atomic E-state index is -0.262. The molecule has 3 rings (SSSR count). The van der Waals surface area contributed by atoms with E-state index in [1.54, 1.807) is 18.6 Å². The molecule has 0 bridgehead atoms. The van der Waals surface area contributed by atoms with Crippen LogP contribution in [0.2, 0.25) is 0 Å². The molecule has 0 amide bonds. The van der Waals surface area contributed by atoms with E-state index in [2.05, 4.69) is 22.2 Å². The molecule has 0 aliphatic rings. The van der Waals surface area contributed by atoms with Gasteiger partial charge in [0.1, 0.15) is 11.6 Å². The third kappa shape index (κ3) is 3.08. The van der Waals surface area contributed by atoms with Crippen molar-refractivity contribution in [2.24, 2.45) is 0 Å². The van der Waals surface area contributed by atoms with E-state index in [9.17, 15) is 4.39 Å². The van der Waals surface area contributed by atoms with Gasteiger partial charge in [0.15, 0.2) is 0 Å².